The molecule has 172 valence electrons. The van der Waals surface area contributed by atoms with Crippen LogP contribution in [0.4, 0.5) is 5.69 Å². The van der Waals surface area contributed by atoms with E-state index in [1.807, 2.05) is 24.3 Å². The number of amides is 1. The summed E-state index contributed by atoms with van der Waals surface area (Å²) < 4.78 is 33.3. The van der Waals surface area contributed by atoms with Gasteiger partial charge in [0.2, 0.25) is 0 Å². The highest BCUT2D eigenvalue weighted by Crippen LogP contribution is 2.35. The maximum atomic E-state index is 13.2. The predicted molar refractivity (Wildman–Crippen MR) is 126 cm³/mol. The van der Waals surface area contributed by atoms with Crippen LogP contribution >= 0.6 is 11.6 Å². The van der Waals surface area contributed by atoms with Crippen molar-refractivity contribution in [2.75, 3.05) is 17.5 Å². The Hall–Kier alpha value is -2.25. The fraction of sp³-hybridized carbons (Fsp3) is 0.458. The summed E-state index contributed by atoms with van der Waals surface area (Å²) in [4.78, 5) is 12.4. The molecule has 1 fully saturated rings. The van der Waals surface area contributed by atoms with Gasteiger partial charge in [-0.1, -0.05) is 61.9 Å². The normalized spacial score (nSPS) is 17.3. The fourth-order valence-corrected chi connectivity index (χ4v) is 6.29. The van der Waals surface area contributed by atoms with Gasteiger partial charge in [0, 0.05) is 12.6 Å². The van der Waals surface area contributed by atoms with Crippen molar-refractivity contribution in [2.24, 2.45) is 0 Å². The molecular formula is C24H29ClN2O4S. The smallest absolute Gasteiger partial charge is 0.264 e. The molecule has 8 heteroatoms. The van der Waals surface area contributed by atoms with Crippen LogP contribution in [0.2, 0.25) is 5.02 Å². The third-order valence-corrected chi connectivity index (χ3v) is 8.27. The van der Waals surface area contributed by atoms with Crippen LogP contribution in [0.3, 0.4) is 0 Å². The molecular weight excluding hydrogens is 448 g/mol. The van der Waals surface area contributed by atoms with E-state index < -0.39 is 10.0 Å². The molecule has 0 saturated heterocycles. The summed E-state index contributed by atoms with van der Waals surface area (Å²) in [6.07, 6.45) is 8.66. The minimum atomic E-state index is -3.73. The van der Waals surface area contributed by atoms with E-state index in [0.717, 1.165) is 31.2 Å². The average molecular weight is 477 g/mol. The third kappa shape index (κ3) is 5.21. The molecule has 1 saturated carbocycles. The van der Waals surface area contributed by atoms with Crippen LogP contribution in [-0.4, -0.2) is 33.5 Å². The number of nitrogens with one attached hydrogen (secondary N) is 1. The predicted octanol–water partition coefficient (Wildman–Crippen LogP) is 4.70. The van der Waals surface area contributed by atoms with E-state index in [-0.39, 0.29) is 28.5 Å². The highest BCUT2D eigenvalue weighted by molar-refractivity contribution is 7.92. The topological polar surface area (TPSA) is 75.7 Å². The molecule has 0 spiro atoms. The number of sulfonamides is 1. The standard InChI is InChI=1S/C24H29ClN2O4S/c25-21-16-20(32(29,30)27-15-14-18-8-6-7-11-22(18)27)12-13-23(21)31-17-24(28)26-19-9-4-2-1-3-5-10-19/h6-8,11-13,16,19H,1-5,9-10,14-15,17H2,(H,26,28). The first-order valence-corrected chi connectivity index (χ1v) is 13.1. The first-order chi connectivity index (χ1) is 15.4. The number of carbonyl (C=O) groups excluding carboxylic acids is 1. The van der Waals surface area contributed by atoms with Crippen molar-refractivity contribution in [1.82, 2.24) is 5.32 Å². The molecule has 1 aliphatic carbocycles. The van der Waals surface area contributed by atoms with Crippen molar-refractivity contribution in [1.29, 1.82) is 0 Å². The summed E-state index contributed by atoms with van der Waals surface area (Å²) in [6.45, 7) is 0.251. The minimum absolute atomic E-state index is 0.102. The zero-order valence-corrected chi connectivity index (χ0v) is 19.6. The fourth-order valence-electron chi connectivity index (χ4n) is 4.46. The zero-order valence-electron chi connectivity index (χ0n) is 18.1. The Balaban J connectivity index is 1.38. The van der Waals surface area contributed by atoms with Gasteiger partial charge in [0.1, 0.15) is 5.75 Å². The van der Waals surface area contributed by atoms with E-state index in [1.54, 1.807) is 0 Å². The Morgan fingerprint density at radius 1 is 1.06 bits per heavy atom. The summed E-state index contributed by atoms with van der Waals surface area (Å²) in [5, 5.41) is 3.21. The van der Waals surface area contributed by atoms with Gasteiger partial charge in [0.05, 0.1) is 15.6 Å². The van der Waals surface area contributed by atoms with Crippen LogP contribution in [0, 0.1) is 0 Å². The number of ether oxygens (including phenoxy) is 1. The van der Waals surface area contributed by atoms with Crippen LogP contribution in [0.25, 0.3) is 0 Å². The number of hydrogen-bond acceptors (Lipinski definition) is 4. The molecule has 0 unspecified atom stereocenters. The van der Waals surface area contributed by atoms with E-state index in [0.29, 0.717) is 24.4 Å². The average Bonchev–Trinajstić information content (AvgIpc) is 3.19. The lowest BCUT2D eigenvalue weighted by atomic mass is 9.97. The molecule has 2 aliphatic rings. The van der Waals surface area contributed by atoms with Gasteiger partial charge in [0.15, 0.2) is 6.61 Å². The number of rotatable bonds is 6. The molecule has 0 bridgehead atoms. The third-order valence-electron chi connectivity index (χ3n) is 6.16. The van der Waals surface area contributed by atoms with Crippen molar-refractivity contribution in [3.05, 3.63) is 53.1 Å². The van der Waals surface area contributed by atoms with Crippen molar-refractivity contribution >= 4 is 33.2 Å². The van der Waals surface area contributed by atoms with Gasteiger partial charge in [0.25, 0.3) is 15.9 Å². The van der Waals surface area contributed by atoms with Crippen LogP contribution in [0.5, 0.6) is 5.75 Å². The van der Waals surface area contributed by atoms with Crippen LogP contribution in [0.15, 0.2) is 47.4 Å². The van der Waals surface area contributed by atoms with E-state index in [1.165, 1.54) is 41.8 Å². The number of anilines is 1. The Bertz CT molecular complexity index is 1070. The maximum absolute atomic E-state index is 13.2. The van der Waals surface area contributed by atoms with E-state index in [2.05, 4.69) is 5.32 Å². The maximum Gasteiger partial charge on any atom is 0.264 e. The first kappa shape index (κ1) is 22.9. The van der Waals surface area contributed by atoms with Crippen molar-refractivity contribution in [2.45, 2.75) is 62.3 Å². The number of fused-ring (bicyclic) bond motifs is 1. The second-order valence-electron chi connectivity index (χ2n) is 8.45. The van der Waals surface area contributed by atoms with Gasteiger partial charge in [-0.05, 0) is 49.1 Å². The summed E-state index contributed by atoms with van der Waals surface area (Å²) in [7, 11) is -3.73. The molecule has 1 N–H and O–H groups in total. The Kier molecular flexibility index (Phi) is 7.26. The summed E-state index contributed by atoms with van der Waals surface area (Å²) >= 11 is 6.32. The molecule has 1 amide bonds. The van der Waals surface area contributed by atoms with E-state index in [4.69, 9.17) is 16.3 Å². The van der Waals surface area contributed by atoms with E-state index in [9.17, 15) is 13.2 Å². The lowest BCUT2D eigenvalue weighted by Gasteiger charge is -2.21. The lowest BCUT2D eigenvalue weighted by molar-refractivity contribution is -0.123. The number of halogens is 1. The molecule has 0 atom stereocenters. The van der Waals surface area contributed by atoms with Gasteiger partial charge in [-0.15, -0.1) is 0 Å². The minimum Gasteiger partial charge on any atom is -0.482 e. The van der Waals surface area contributed by atoms with Crippen LogP contribution < -0.4 is 14.4 Å². The number of carbonyl (C=O) groups is 1. The molecule has 1 heterocycles. The molecule has 0 radical (unpaired) electrons. The second kappa shape index (κ2) is 10.1. The van der Waals surface area contributed by atoms with E-state index >= 15 is 0 Å². The number of hydrogen-bond donors (Lipinski definition) is 1. The van der Waals surface area contributed by atoms with Crippen LogP contribution in [-0.2, 0) is 21.2 Å². The molecule has 4 rings (SSSR count). The quantitative estimate of drug-likeness (QED) is 0.655. The molecule has 2 aromatic carbocycles. The summed E-state index contributed by atoms with van der Waals surface area (Å²) in [6, 6.07) is 12.1. The molecule has 6 nitrogen and oxygen atoms in total. The van der Waals surface area contributed by atoms with Gasteiger partial charge in [-0.25, -0.2) is 8.42 Å². The Labute approximate surface area is 195 Å². The zero-order chi connectivity index (χ0) is 22.6. The highest BCUT2D eigenvalue weighted by atomic mass is 35.5. The van der Waals surface area contributed by atoms with Gasteiger partial charge >= 0.3 is 0 Å². The number of nitrogens with zero attached hydrogens (tertiary/aromatic N) is 1. The van der Waals surface area contributed by atoms with Gasteiger partial charge in [-0.2, -0.15) is 0 Å². The molecule has 0 aromatic heterocycles. The Morgan fingerprint density at radius 3 is 2.53 bits per heavy atom. The van der Waals surface area contributed by atoms with Crippen molar-refractivity contribution < 1.29 is 17.9 Å². The van der Waals surface area contributed by atoms with Gasteiger partial charge < -0.3 is 10.1 Å². The summed E-state index contributed by atoms with van der Waals surface area (Å²) in [5.74, 6) is 0.109. The van der Waals surface area contributed by atoms with Crippen molar-refractivity contribution in [3.63, 3.8) is 0 Å². The Morgan fingerprint density at radius 2 is 1.78 bits per heavy atom. The van der Waals surface area contributed by atoms with Crippen molar-refractivity contribution in [3.8, 4) is 5.75 Å². The largest absolute Gasteiger partial charge is 0.482 e. The molecule has 2 aromatic rings. The molecule has 32 heavy (non-hydrogen) atoms. The lowest BCUT2D eigenvalue weighted by Crippen LogP contribution is -2.38. The number of benzene rings is 2. The second-order valence-corrected chi connectivity index (χ2v) is 10.7. The summed E-state index contributed by atoms with van der Waals surface area (Å²) in [5.41, 5.74) is 1.72. The highest BCUT2D eigenvalue weighted by Gasteiger charge is 2.31. The monoisotopic (exact) mass is 476 g/mol. The SMILES string of the molecule is O=C(COc1ccc(S(=O)(=O)N2CCc3ccccc32)cc1Cl)NC1CCCCCCC1. The number of para-hydroxylation sites is 1. The van der Waals surface area contributed by atoms with Crippen LogP contribution in [0.1, 0.15) is 50.5 Å². The molecule has 1 aliphatic heterocycles. The van der Waals surface area contributed by atoms with Gasteiger partial charge in [-0.3, -0.25) is 9.10 Å². The first-order valence-electron chi connectivity index (χ1n) is 11.3.